The quantitative estimate of drug-likeness (QED) is 0.818. The van der Waals surface area contributed by atoms with Gasteiger partial charge in [0.25, 0.3) is 0 Å². The number of Topliss-reactive ketones (excluding diaryl/α,β-unsaturated/α-hetero) is 1. The number of aromatic nitrogens is 1. The number of ketones is 1. The van der Waals surface area contributed by atoms with E-state index in [0.29, 0.717) is 4.88 Å². The molecule has 2 aromatic heterocycles. The molecular weight excluding hydrogens is 298 g/mol. The molecule has 0 saturated carbocycles. The molecule has 6 heteroatoms. The van der Waals surface area contributed by atoms with Gasteiger partial charge in [0.15, 0.2) is 5.78 Å². The van der Waals surface area contributed by atoms with Crippen molar-refractivity contribution in [3.63, 3.8) is 0 Å². The van der Waals surface area contributed by atoms with Crippen LogP contribution in [0.5, 0.6) is 0 Å². The van der Waals surface area contributed by atoms with E-state index >= 15 is 0 Å². The molecule has 2 aromatic rings. The molecule has 0 atom stereocenters. The Morgan fingerprint density at radius 2 is 2.20 bits per heavy atom. The molecule has 0 radical (unpaired) electrons. The molecular formula is C9H6BrNO2S2. The number of hydrogen-bond acceptors (Lipinski definition) is 4. The van der Waals surface area contributed by atoms with Crippen LogP contribution in [0.1, 0.15) is 9.67 Å². The van der Waals surface area contributed by atoms with E-state index in [9.17, 15) is 9.59 Å². The van der Waals surface area contributed by atoms with Crippen molar-refractivity contribution in [1.82, 2.24) is 4.57 Å². The lowest BCUT2D eigenvalue weighted by atomic mass is 10.3. The topological polar surface area (TPSA) is 39.1 Å². The first-order valence-electron chi connectivity index (χ1n) is 4.08. The monoisotopic (exact) mass is 303 g/mol. The Labute approximate surface area is 102 Å². The first-order chi connectivity index (χ1) is 7.18. The maximum atomic E-state index is 11.8. The van der Waals surface area contributed by atoms with Gasteiger partial charge in [-0.3, -0.25) is 14.2 Å². The number of nitrogens with zero attached hydrogens (tertiary/aromatic N) is 1. The minimum atomic E-state index is -0.101. The van der Waals surface area contributed by atoms with Crippen molar-refractivity contribution in [1.29, 1.82) is 0 Å². The standard InChI is InChI=1S/C9H6BrNO2S2/c10-6-1-3-14-8(6)7(12)5-11-2-4-15-9(11)13/h1-4H,5H2. The van der Waals surface area contributed by atoms with E-state index in [1.54, 1.807) is 11.6 Å². The Hall–Kier alpha value is -0.720. The van der Waals surface area contributed by atoms with Gasteiger partial charge in [-0.25, -0.2) is 0 Å². The van der Waals surface area contributed by atoms with Crippen LogP contribution in [0.15, 0.2) is 32.3 Å². The fourth-order valence-electron chi connectivity index (χ4n) is 1.13. The zero-order valence-electron chi connectivity index (χ0n) is 7.47. The summed E-state index contributed by atoms with van der Waals surface area (Å²) < 4.78 is 2.21. The largest absolute Gasteiger partial charge is 0.307 e. The van der Waals surface area contributed by atoms with Gasteiger partial charge in [-0.05, 0) is 27.4 Å². The molecule has 0 N–H and O–H groups in total. The van der Waals surface area contributed by atoms with Crippen molar-refractivity contribution in [2.45, 2.75) is 6.54 Å². The van der Waals surface area contributed by atoms with Crippen molar-refractivity contribution in [2.24, 2.45) is 0 Å². The zero-order valence-corrected chi connectivity index (χ0v) is 10.7. The summed E-state index contributed by atoms with van der Waals surface area (Å²) >= 11 is 5.77. The Kier molecular flexibility index (Phi) is 3.18. The summed E-state index contributed by atoms with van der Waals surface area (Å²) in [6.45, 7) is 0.113. The van der Waals surface area contributed by atoms with Gasteiger partial charge in [0, 0.05) is 16.0 Å². The minimum absolute atomic E-state index is 0.0441. The number of carbonyl (C=O) groups is 1. The predicted octanol–water partition coefficient (Wildman–Crippen LogP) is 2.62. The number of carbonyl (C=O) groups excluding carboxylic acids is 1. The molecule has 2 rings (SSSR count). The molecule has 15 heavy (non-hydrogen) atoms. The molecule has 78 valence electrons. The predicted molar refractivity (Wildman–Crippen MR) is 64.9 cm³/mol. The number of thiophene rings is 1. The SMILES string of the molecule is O=C(Cn1ccsc1=O)c1sccc1Br. The third-order valence-electron chi connectivity index (χ3n) is 1.83. The average molecular weight is 304 g/mol. The van der Waals surface area contributed by atoms with Gasteiger partial charge >= 0.3 is 4.87 Å². The maximum Gasteiger partial charge on any atom is 0.307 e. The highest BCUT2D eigenvalue weighted by molar-refractivity contribution is 9.10. The number of halogens is 1. The highest BCUT2D eigenvalue weighted by Crippen LogP contribution is 2.23. The van der Waals surface area contributed by atoms with Gasteiger partial charge in [0.05, 0.1) is 11.4 Å². The van der Waals surface area contributed by atoms with Gasteiger partial charge in [-0.1, -0.05) is 11.3 Å². The normalized spacial score (nSPS) is 10.5. The summed E-state index contributed by atoms with van der Waals surface area (Å²) in [5, 5.41) is 3.52. The molecule has 0 aliphatic rings. The van der Waals surface area contributed by atoms with Crippen LogP contribution in [0, 0.1) is 0 Å². The summed E-state index contributed by atoms with van der Waals surface area (Å²) in [5.74, 6) is -0.0441. The summed E-state index contributed by atoms with van der Waals surface area (Å²) in [6, 6.07) is 1.83. The highest BCUT2D eigenvalue weighted by atomic mass is 79.9. The number of hydrogen-bond donors (Lipinski definition) is 0. The van der Waals surface area contributed by atoms with Gasteiger partial charge in [-0.15, -0.1) is 11.3 Å². The smallest absolute Gasteiger partial charge is 0.298 e. The summed E-state index contributed by atoms with van der Waals surface area (Å²) in [5.41, 5.74) is 0. The fourth-order valence-corrected chi connectivity index (χ4v) is 3.24. The van der Waals surface area contributed by atoms with Crippen LogP contribution in [-0.2, 0) is 6.54 Å². The minimum Gasteiger partial charge on any atom is -0.298 e. The van der Waals surface area contributed by atoms with Gasteiger partial charge in [-0.2, -0.15) is 0 Å². The molecule has 0 fully saturated rings. The Bertz CT molecular complexity index is 540. The van der Waals surface area contributed by atoms with E-state index in [1.807, 2.05) is 11.4 Å². The summed E-state index contributed by atoms with van der Waals surface area (Å²) in [6.07, 6.45) is 1.63. The second kappa shape index (κ2) is 4.42. The summed E-state index contributed by atoms with van der Waals surface area (Å²) in [7, 11) is 0. The van der Waals surface area contributed by atoms with Crippen LogP contribution in [0.3, 0.4) is 0 Å². The lowest BCUT2D eigenvalue weighted by Gasteiger charge is -1.98. The van der Waals surface area contributed by atoms with E-state index in [-0.39, 0.29) is 17.2 Å². The van der Waals surface area contributed by atoms with Gasteiger partial charge < -0.3 is 0 Å². The van der Waals surface area contributed by atoms with Crippen LogP contribution < -0.4 is 4.87 Å². The first kappa shape index (κ1) is 10.8. The number of thiazole rings is 1. The molecule has 0 saturated heterocycles. The van der Waals surface area contributed by atoms with Crippen molar-refractivity contribution >= 4 is 44.4 Å². The Morgan fingerprint density at radius 3 is 2.73 bits per heavy atom. The molecule has 3 nitrogen and oxygen atoms in total. The second-order valence-corrected chi connectivity index (χ2v) is 5.45. The van der Waals surface area contributed by atoms with Crippen LogP contribution in [0.4, 0.5) is 0 Å². The van der Waals surface area contributed by atoms with Gasteiger partial charge in [0.1, 0.15) is 0 Å². The molecule has 0 aliphatic carbocycles. The first-order valence-corrected chi connectivity index (χ1v) is 6.64. The van der Waals surface area contributed by atoms with Gasteiger partial charge in [0.2, 0.25) is 0 Å². The van der Waals surface area contributed by atoms with Crippen molar-refractivity contribution in [2.75, 3.05) is 0 Å². The lowest BCUT2D eigenvalue weighted by Crippen LogP contribution is -2.18. The molecule has 0 spiro atoms. The van der Waals surface area contributed by atoms with E-state index in [0.717, 1.165) is 15.8 Å². The van der Waals surface area contributed by atoms with Crippen molar-refractivity contribution < 1.29 is 4.79 Å². The van der Waals surface area contributed by atoms with Crippen molar-refractivity contribution in [3.8, 4) is 0 Å². The van der Waals surface area contributed by atoms with E-state index < -0.39 is 0 Å². The van der Waals surface area contributed by atoms with Crippen LogP contribution in [0.25, 0.3) is 0 Å². The maximum absolute atomic E-state index is 11.8. The molecule has 0 aliphatic heterocycles. The Balaban J connectivity index is 2.22. The highest BCUT2D eigenvalue weighted by Gasteiger charge is 2.12. The molecule has 2 heterocycles. The second-order valence-electron chi connectivity index (χ2n) is 2.82. The van der Waals surface area contributed by atoms with Crippen LogP contribution >= 0.6 is 38.6 Å². The van der Waals surface area contributed by atoms with E-state index in [1.165, 1.54) is 15.9 Å². The van der Waals surface area contributed by atoms with E-state index in [4.69, 9.17) is 0 Å². The lowest BCUT2D eigenvalue weighted by molar-refractivity contribution is 0.0975. The third-order valence-corrected chi connectivity index (χ3v) is 4.40. The Morgan fingerprint density at radius 1 is 1.40 bits per heavy atom. The molecule has 0 bridgehead atoms. The third kappa shape index (κ3) is 2.27. The molecule has 0 unspecified atom stereocenters. The average Bonchev–Trinajstić information content (AvgIpc) is 2.76. The van der Waals surface area contributed by atoms with Crippen molar-refractivity contribution in [3.05, 3.63) is 42.0 Å². The molecule has 0 amide bonds. The zero-order chi connectivity index (χ0) is 10.8. The van der Waals surface area contributed by atoms with Crippen LogP contribution in [0.2, 0.25) is 0 Å². The van der Waals surface area contributed by atoms with Crippen LogP contribution in [-0.4, -0.2) is 10.4 Å². The summed E-state index contributed by atoms with van der Waals surface area (Å²) in [4.78, 5) is 23.6. The number of rotatable bonds is 3. The van der Waals surface area contributed by atoms with E-state index in [2.05, 4.69) is 15.9 Å². The molecule has 0 aromatic carbocycles. The fraction of sp³-hybridized carbons (Fsp3) is 0.111.